The summed E-state index contributed by atoms with van der Waals surface area (Å²) in [6.07, 6.45) is 3.10. The lowest BCUT2D eigenvalue weighted by Crippen LogP contribution is -2.01. The zero-order valence-corrected chi connectivity index (χ0v) is 16.7. The summed E-state index contributed by atoms with van der Waals surface area (Å²) >= 11 is 2.20. The Kier molecular flexibility index (Phi) is 7.31. The summed E-state index contributed by atoms with van der Waals surface area (Å²) < 4.78 is 17.2. The largest absolute Gasteiger partial charge is 0.493 e. The zero-order chi connectivity index (χ0) is 18.2. The Morgan fingerprint density at radius 3 is 2.56 bits per heavy atom. The molecule has 2 aromatic rings. The van der Waals surface area contributed by atoms with Gasteiger partial charge in [0.2, 0.25) is 0 Å². The van der Waals surface area contributed by atoms with Gasteiger partial charge in [0.05, 0.1) is 17.3 Å². The van der Waals surface area contributed by atoms with Gasteiger partial charge in [-0.05, 0) is 65.8 Å². The van der Waals surface area contributed by atoms with Gasteiger partial charge in [-0.1, -0.05) is 29.8 Å². The fourth-order valence-corrected chi connectivity index (χ4v) is 2.95. The molecule has 0 unspecified atom stereocenters. The molecule has 0 heterocycles. The third kappa shape index (κ3) is 5.77. The fourth-order valence-electron chi connectivity index (χ4n) is 2.17. The van der Waals surface area contributed by atoms with E-state index in [-0.39, 0.29) is 5.97 Å². The summed E-state index contributed by atoms with van der Waals surface area (Å²) in [7, 11) is 1.60. The van der Waals surface area contributed by atoms with E-state index in [9.17, 15) is 4.79 Å². The van der Waals surface area contributed by atoms with Gasteiger partial charge >= 0.3 is 5.97 Å². The molecule has 0 fully saturated rings. The summed E-state index contributed by atoms with van der Waals surface area (Å²) in [5, 5.41) is 0. The van der Waals surface area contributed by atoms with Crippen molar-refractivity contribution in [3.63, 3.8) is 0 Å². The lowest BCUT2D eigenvalue weighted by Gasteiger charge is -2.14. The van der Waals surface area contributed by atoms with Crippen LogP contribution in [-0.2, 0) is 16.1 Å². The van der Waals surface area contributed by atoms with Crippen molar-refractivity contribution in [2.45, 2.75) is 20.5 Å². The second-order valence-corrected chi connectivity index (χ2v) is 6.56. The first kappa shape index (κ1) is 19.3. The van der Waals surface area contributed by atoms with Crippen molar-refractivity contribution in [2.75, 3.05) is 13.7 Å². The molecular weight excluding hydrogens is 431 g/mol. The first-order chi connectivity index (χ1) is 12.0. The van der Waals surface area contributed by atoms with E-state index in [0.29, 0.717) is 24.7 Å². The van der Waals surface area contributed by atoms with E-state index in [1.807, 2.05) is 24.3 Å². The third-order valence-electron chi connectivity index (χ3n) is 3.45. The van der Waals surface area contributed by atoms with Crippen LogP contribution in [0.3, 0.4) is 0 Å². The Bertz CT molecular complexity index is 751. The number of esters is 1. The number of hydrogen-bond acceptors (Lipinski definition) is 4. The minimum absolute atomic E-state index is 0.357. The van der Waals surface area contributed by atoms with E-state index in [0.717, 1.165) is 14.7 Å². The molecule has 0 aromatic heterocycles. The van der Waals surface area contributed by atoms with E-state index in [1.165, 1.54) is 11.6 Å². The molecule has 25 heavy (non-hydrogen) atoms. The predicted octanol–water partition coefficient (Wildman–Crippen LogP) is 4.76. The van der Waals surface area contributed by atoms with E-state index in [4.69, 9.17) is 14.2 Å². The van der Waals surface area contributed by atoms with Gasteiger partial charge in [-0.3, -0.25) is 0 Å². The van der Waals surface area contributed by atoms with E-state index in [2.05, 4.69) is 41.6 Å². The zero-order valence-electron chi connectivity index (χ0n) is 14.5. The predicted molar refractivity (Wildman–Crippen MR) is 107 cm³/mol. The summed E-state index contributed by atoms with van der Waals surface area (Å²) in [5.74, 6) is 0.954. The number of rotatable bonds is 7. The molecule has 132 valence electrons. The lowest BCUT2D eigenvalue weighted by molar-refractivity contribution is -0.137. The highest BCUT2D eigenvalue weighted by Crippen LogP contribution is 2.35. The van der Waals surface area contributed by atoms with Crippen molar-refractivity contribution in [2.24, 2.45) is 0 Å². The Hall–Kier alpha value is -2.02. The van der Waals surface area contributed by atoms with Gasteiger partial charge in [-0.2, -0.15) is 0 Å². The quantitative estimate of drug-likeness (QED) is 0.345. The number of halogens is 1. The molecule has 0 aliphatic rings. The van der Waals surface area contributed by atoms with Gasteiger partial charge in [0.1, 0.15) is 6.61 Å². The average Bonchev–Trinajstić information content (AvgIpc) is 2.60. The van der Waals surface area contributed by atoms with Crippen molar-refractivity contribution in [1.29, 1.82) is 0 Å². The summed E-state index contributed by atoms with van der Waals surface area (Å²) in [6.45, 7) is 4.65. The first-order valence-electron chi connectivity index (χ1n) is 7.94. The number of hydrogen-bond donors (Lipinski definition) is 0. The smallest absolute Gasteiger partial charge is 0.330 e. The number of ether oxygens (including phenoxy) is 3. The molecule has 0 spiro atoms. The van der Waals surface area contributed by atoms with Crippen molar-refractivity contribution in [1.82, 2.24) is 0 Å². The van der Waals surface area contributed by atoms with Crippen LogP contribution in [-0.4, -0.2) is 19.7 Å². The lowest BCUT2D eigenvalue weighted by atomic mass is 10.1. The Morgan fingerprint density at radius 2 is 1.92 bits per heavy atom. The van der Waals surface area contributed by atoms with Crippen LogP contribution < -0.4 is 9.47 Å². The molecule has 2 rings (SSSR count). The van der Waals surface area contributed by atoms with Gasteiger partial charge < -0.3 is 14.2 Å². The highest BCUT2D eigenvalue weighted by molar-refractivity contribution is 14.1. The molecule has 0 atom stereocenters. The van der Waals surface area contributed by atoms with Crippen LogP contribution in [0.5, 0.6) is 11.5 Å². The summed E-state index contributed by atoms with van der Waals surface area (Å²) in [4.78, 5) is 11.4. The standard InChI is InChI=1S/C20H21IO4/c1-4-24-19(22)10-9-16-11-17(21)20(18(12-16)23-3)25-13-15-7-5-14(2)6-8-15/h5-12H,4,13H2,1-3H3/b10-9+. The second-order valence-electron chi connectivity index (χ2n) is 5.39. The molecule has 0 bridgehead atoms. The van der Waals surface area contributed by atoms with Crippen LogP contribution >= 0.6 is 22.6 Å². The summed E-state index contributed by atoms with van der Waals surface area (Å²) in [6, 6.07) is 12.0. The maximum Gasteiger partial charge on any atom is 0.330 e. The molecule has 0 aliphatic carbocycles. The van der Waals surface area contributed by atoms with Crippen LogP contribution in [0.15, 0.2) is 42.5 Å². The van der Waals surface area contributed by atoms with Crippen LogP contribution in [0, 0.1) is 10.5 Å². The van der Waals surface area contributed by atoms with Gasteiger partial charge in [0.25, 0.3) is 0 Å². The Labute approximate surface area is 161 Å². The van der Waals surface area contributed by atoms with Gasteiger partial charge in [-0.25, -0.2) is 4.79 Å². The highest BCUT2D eigenvalue weighted by atomic mass is 127. The highest BCUT2D eigenvalue weighted by Gasteiger charge is 2.11. The molecule has 0 saturated carbocycles. The molecule has 4 nitrogen and oxygen atoms in total. The number of methoxy groups -OCH3 is 1. The minimum atomic E-state index is -0.365. The SMILES string of the molecule is CCOC(=O)/C=C/c1cc(I)c(OCc2ccc(C)cc2)c(OC)c1. The van der Waals surface area contributed by atoms with Crippen molar-refractivity contribution in [3.8, 4) is 11.5 Å². The van der Waals surface area contributed by atoms with Crippen molar-refractivity contribution >= 4 is 34.6 Å². The Morgan fingerprint density at radius 1 is 1.20 bits per heavy atom. The molecule has 0 saturated heterocycles. The van der Waals surface area contributed by atoms with Crippen LogP contribution in [0.2, 0.25) is 0 Å². The van der Waals surface area contributed by atoms with E-state index in [1.54, 1.807) is 20.1 Å². The molecule has 5 heteroatoms. The molecule has 2 aromatic carbocycles. The molecule has 0 N–H and O–H groups in total. The fraction of sp³-hybridized carbons (Fsp3) is 0.250. The minimum Gasteiger partial charge on any atom is -0.493 e. The number of aryl methyl sites for hydroxylation is 1. The Balaban J connectivity index is 2.15. The molecule has 0 aliphatic heterocycles. The normalized spacial score (nSPS) is 10.7. The van der Waals surface area contributed by atoms with Crippen LogP contribution in [0.1, 0.15) is 23.6 Å². The van der Waals surface area contributed by atoms with Gasteiger partial charge in [0, 0.05) is 6.08 Å². The van der Waals surface area contributed by atoms with E-state index >= 15 is 0 Å². The van der Waals surface area contributed by atoms with E-state index < -0.39 is 0 Å². The number of carbonyl (C=O) groups excluding carboxylic acids is 1. The topological polar surface area (TPSA) is 44.8 Å². The van der Waals surface area contributed by atoms with Crippen molar-refractivity contribution in [3.05, 3.63) is 62.7 Å². The third-order valence-corrected chi connectivity index (χ3v) is 4.26. The van der Waals surface area contributed by atoms with Crippen LogP contribution in [0.25, 0.3) is 6.08 Å². The molecule has 0 radical (unpaired) electrons. The average molecular weight is 452 g/mol. The summed E-state index contributed by atoms with van der Waals surface area (Å²) in [5.41, 5.74) is 3.15. The van der Waals surface area contributed by atoms with Crippen molar-refractivity contribution < 1.29 is 19.0 Å². The van der Waals surface area contributed by atoms with Crippen LogP contribution in [0.4, 0.5) is 0 Å². The number of carbonyl (C=O) groups is 1. The maximum absolute atomic E-state index is 11.4. The monoisotopic (exact) mass is 452 g/mol. The molecular formula is C20H21IO4. The second kappa shape index (κ2) is 9.46. The number of benzene rings is 2. The molecule has 0 amide bonds. The van der Waals surface area contributed by atoms with Gasteiger partial charge in [-0.15, -0.1) is 0 Å². The maximum atomic E-state index is 11.4. The first-order valence-corrected chi connectivity index (χ1v) is 9.02. The van der Waals surface area contributed by atoms with Gasteiger partial charge in [0.15, 0.2) is 11.5 Å².